The van der Waals surface area contributed by atoms with Crippen molar-refractivity contribution < 1.29 is 19.1 Å². The average molecular weight is 505 g/mol. The van der Waals surface area contributed by atoms with Gasteiger partial charge in [-0.2, -0.15) is 0 Å². The Labute approximate surface area is 218 Å². The van der Waals surface area contributed by atoms with Crippen LogP contribution in [0.5, 0.6) is 0 Å². The number of urea groups is 1. The van der Waals surface area contributed by atoms with E-state index in [1.807, 2.05) is 47.4 Å². The molecule has 8 nitrogen and oxygen atoms in total. The second kappa shape index (κ2) is 11.8. The van der Waals surface area contributed by atoms with E-state index in [9.17, 15) is 14.4 Å². The van der Waals surface area contributed by atoms with E-state index >= 15 is 0 Å². The molecule has 2 aromatic carbocycles. The number of amides is 4. The Kier molecular flexibility index (Phi) is 8.04. The Morgan fingerprint density at radius 3 is 2.38 bits per heavy atom. The molecule has 0 saturated carbocycles. The molecule has 2 N–H and O–H groups in total. The topological polar surface area (TPSA) is 91.0 Å². The smallest absolute Gasteiger partial charge is 0.319 e. The maximum absolute atomic E-state index is 13.6. The molecule has 2 saturated heterocycles. The van der Waals surface area contributed by atoms with Gasteiger partial charge in [0.2, 0.25) is 11.8 Å². The molecule has 0 radical (unpaired) electrons. The van der Waals surface area contributed by atoms with Crippen molar-refractivity contribution in [2.45, 2.75) is 44.6 Å². The molecule has 196 valence electrons. The standard InChI is InChI=1S/C29H36N4O4/c34-27(33-15-17-37-18-16-33)23-11-13-32(14-12-23)28(35)26(19-21-5-2-1-3-6-21)31-29(36)30-25-10-9-22-7-4-8-24(22)20-25/h1-3,5-6,9-10,20,23,26H,4,7-8,11-19H2,(H2,30,31,36)/t26-/m0/s1. The lowest BCUT2D eigenvalue weighted by Crippen LogP contribution is -2.53. The first-order valence-electron chi connectivity index (χ1n) is 13.5. The molecule has 2 aliphatic heterocycles. The number of fused-ring (bicyclic) bond motifs is 1. The van der Waals surface area contributed by atoms with Crippen LogP contribution >= 0.6 is 0 Å². The van der Waals surface area contributed by atoms with Gasteiger partial charge in [-0.1, -0.05) is 36.4 Å². The predicted octanol–water partition coefficient (Wildman–Crippen LogP) is 3.01. The van der Waals surface area contributed by atoms with Crippen LogP contribution in [0.3, 0.4) is 0 Å². The number of carbonyl (C=O) groups excluding carboxylic acids is 3. The van der Waals surface area contributed by atoms with Crippen molar-refractivity contribution in [3.05, 3.63) is 65.2 Å². The van der Waals surface area contributed by atoms with Crippen molar-refractivity contribution in [2.24, 2.45) is 5.92 Å². The van der Waals surface area contributed by atoms with Crippen molar-refractivity contribution in [3.8, 4) is 0 Å². The molecule has 2 fully saturated rings. The number of anilines is 1. The van der Waals surface area contributed by atoms with Crippen LogP contribution in [0.4, 0.5) is 10.5 Å². The van der Waals surface area contributed by atoms with Gasteiger partial charge in [0, 0.05) is 44.2 Å². The van der Waals surface area contributed by atoms with Gasteiger partial charge in [0.1, 0.15) is 6.04 Å². The second-order valence-electron chi connectivity index (χ2n) is 10.2. The molecule has 0 bridgehead atoms. The summed E-state index contributed by atoms with van der Waals surface area (Å²) in [6.07, 6.45) is 4.95. The molecule has 5 rings (SSSR count). The van der Waals surface area contributed by atoms with Crippen LogP contribution in [0.2, 0.25) is 0 Å². The molecule has 0 spiro atoms. The Morgan fingerprint density at radius 1 is 0.892 bits per heavy atom. The van der Waals surface area contributed by atoms with Crippen molar-refractivity contribution in [1.29, 1.82) is 0 Å². The highest BCUT2D eigenvalue weighted by Gasteiger charge is 2.33. The molecule has 0 unspecified atom stereocenters. The summed E-state index contributed by atoms with van der Waals surface area (Å²) < 4.78 is 5.36. The van der Waals surface area contributed by atoms with E-state index in [-0.39, 0.29) is 23.8 Å². The molecule has 1 atom stereocenters. The van der Waals surface area contributed by atoms with E-state index in [2.05, 4.69) is 16.7 Å². The molecule has 8 heteroatoms. The number of ether oxygens (including phenoxy) is 1. The SMILES string of the molecule is O=C(Nc1ccc2c(c1)CCC2)N[C@@H](Cc1ccccc1)C(=O)N1CCC(C(=O)N2CCOCC2)CC1. The van der Waals surface area contributed by atoms with Crippen molar-refractivity contribution >= 4 is 23.5 Å². The third-order valence-electron chi connectivity index (χ3n) is 7.72. The summed E-state index contributed by atoms with van der Waals surface area (Å²) in [5.41, 5.74) is 4.35. The van der Waals surface area contributed by atoms with E-state index in [0.29, 0.717) is 58.7 Å². The number of nitrogens with zero attached hydrogens (tertiary/aromatic N) is 2. The number of piperidine rings is 1. The highest BCUT2D eigenvalue weighted by atomic mass is 16.5. The molecular weight excluding hydrogens is 468 g/mol. The minimum atomic E-state index is -0.691. The minimum absolute atomic E-state index is 0.0641. The van der Waals surface area contributed by atoms with Gasteiger partial charge in [0.25, 0.3) is 0 Å². The number of benzene rings is 2. The maximum Gasteiger partial charge on any atom is 0.319 e. The molecule has 3 aliphatic rings. The number of morpholine rings is 1. The van der Waals surface area contributed by atoms with E-state index in [0.717, 1.165) is 30.5 Å². The number of rotatable bonds is 6. The van der Waals surface area contributed by atoms with Crippen LogP contribution < -0.4 is 10.6 Å². The Balaban J connectivity index is 1.21. The van der Waals surface area contributed by atoms with Crippen molar-refractivity contribution in [2.75, 3.05) is 44.7 Å². The molecule has 2 heterocycles. The van der Waals surface area contributed by atoms with E-state index in [1.54, 1.807) is 4.90 Å². The monoisotopic (exact) mass is 504 g/mol. The highest BCUT2D eigenvalue weighted by Crippen LogP contribution is 2.25. The van der Waals surface area contributed by atoms with Crippen LogP contribution in [-0.2, 0) is 33.6 Å². The lowest BCUT2D eigenvalue weighted by atomic mass is 9.94. The zero-order chi connectivity index (χ0) is 25.6. The molecule has 37 heavy (non-hydrogen) atoms. The highest BCUT2D eigenvalue weighted by molar-refractivity contribution is 5.94. The van der Waals surface area contributed by atoms with Gasteiger partial charge in [0.15, 0.2) is 0 Å². The normalized spacial score (nSPS) is 18.7. The van der Waals surface area contributed by atoms with Crippen LogP contribution in [0, 0.1) is 5.92 Å². The first-order valence-corrected chi connectivity index (χ1v) is 13.5. The third-order valence-corrected chi connectivity index (χ3v) is 7.72. The number of aryl methyl sites for hydroxylation is 2. The van der Waals surface area contributed by atoms with Crippen LogP contribution in [0.1, 0.15) is 36.0 Å². The van der Waals surface area contributed by atoms with Gasteiger partial charge in [-0.3, -0.25) is 9.59 Å². The van der Waals surface area contributed by atoms with E-state index in [1.165, 1.54) is 11.1 Å². The average Bonchev–Trinajstić information content (AvgIpc) is 3.41. The lowest BCUT2D eigenvalue weighted by molar-refractivity contribution is -0.144. The molecule has 4 amide bonds. The fraction of sp³-hybridized carbons (Fsp3) is 0.483. The van der Waals surface area contributed by atoms with Crippen LogP contribution in [0.25, 0.3) is 0 Å². The Bertz CT molecular complexity index is 1110. The predicted molar refractivity (Wildman–Crippen MR) is 141 cm³/mol. The molecular formula is C29H36N4O4. The summed E-state index contributed by atoms with van der Waals surface area (Å²) in [5, 5.41) is 5.86. The zero-order valence-corrected chi connectivity index (χ0v) is 21.3. The Morgan fingerprint density at radius 2 is 1.62 bits per heavy atom. The van der Waals surface area contributed by atoms with Gasteiger partial charge in [0.05, 0.1) is 13.2 Å². The number of carbonyl (C=O) groups is 3. The fourth-order valence-corrected chi connectivity index (χ4v) is 5.63. The first-order chi connectivity index (χ1) is 18.1. The fourth-order valence-electron chi connectivity index (χ4n) is 5.63. The maximum atomic E-state index is 13.6. The molecule has 2 aromatic rings. The summed E-state index contributed by atoms with van der Waals surface area (Å²) in [7, 11) is 0. The van der Waals surface area contributed by atoms with Gasteiger partial charge >= 0.3 is 6.03 Å². The van der Waals surface area contributed by atoms with E-state index in [4.69, 9.17) is 4.74 Å². The van der Waals surface area contributed by atoms with Gasteiger partial charge in [-0.25, -0.2) is 4.79 Å². The van der Waals surface area contributed by atoms with Crippen LogP contribution in [0.15, 0.2) is 48.5 Å². The first kappa shape index (κ1) is 25.3. The quantitative estimate of drug-likeness (QED) is 0.633. The van der Waals surface area contributed by atoms with Gasteiger partial charge < -0.3 is 25.2 Å². The minimum Gasteiger partial charge on any atom is -0.378 e. The summed E-state index contributed by atoms with van der Waals surface area (Å²) in [6, 6.07) is 14.7. The summed E-state index contributed by atoms with van der Waals surface area (Å²) in [5.74, 6) is -0.000832. The number of hydrogen-bond acceptors (Lipinski definition) is 4. The third kappa shape index (κ3) is 6.31. The van der Waals surface area contributed by atoms with Crippen molar-refractivity contribution in [3.63, 3.8) is 0 Å². The summed E-state index contributed by atoms with van der Waals surface area (Å²) in [4.78, 5) is 43.1. The van der Waals surface area contributed by atoms with Crippen molar-refractivity contribution in [1.82, 2.24) is 15.1 Å². The van der Waals surface area contributed by atoms with Gasteiger partial charge in [-0.05, 0) is 60.9 Å². The van der Waals surface area contributed by atoms with E-state index < -0.39 is 6.04 Å². The molecule has 0 aromatic heterocycles. The Hall–Kier alpha value is -3.39. The number of nitrogens with one attached hydrogen (secondary N) is 2. The van der Waals surface area contributed by atoms with Gasteiger partial charge in [-0.15, -0.1) is 0 Å². The largest absolute Gasteiger partial charge is 0.378 e. The molecule has 1 aliphatic carbocycles. The summed E-state index contributed by atoms with van der Waals surface area (Å²) in [6.45, 7) is 3.48. The summed E-state index contributed by atoms with van der Waals surface area (Å²) >= 11 is 0. The lowest BCUT2D eigenvalue weighted by Gasteiger charge is -2.36. The second-order valence-corrected chi connectivity index (χ2v) is 10.2. The number of hydrogen-bond donors (Lipinski definition) is 2. The number of likely N-dealkylation sites (tertiary alicyclic amines) is 1. The van der Waals surface area contributed by atoms with Crippen LogP contribution in [-0.4, -0.2) is 73.1 Å². The zero-order valence-electron chi connectivity index (χ0n) is 21.3.